The average molecular weight is 273 g/mol. The minimum Gasteiger partial charge on any atom is -0.478 e. The number of aromatic nitrogens is 2. The van der Waals surface area contributed by atoms with Crippen molar-refractivity contribution in [2.45, 2.75) is 0 Å². The molecule has 1 N–H and O–H groups in total. The lowest BCUT2D eigenvalue weighted by Gasteiger charge is -2.07. The van der Waals surface area contributed by atoms with Crippen LogP contribution in [0.2, 0.25) is 5.02 Å². The molecular weight excluding hydrogens is 268 g/mol. The van der Waals surface area contributed by atoms with Crippen LogP contribution in [0.15, 0.2) is 24.5 Å². The molecule has 1 aromatic heterocycles. The van der Waals surface area contributed by atoms with Crippen molar-refractivity contribution in [3.8, 4) is 17.8 Å². The fraction of sp³-hybridized carbons (Fsp3) is 0. The maximum Gasteiger partial charge on any atom is 0.335 e. The molecule has 0 aliphatic carbocycles. The van der Waals surface area contributed by atoms with E-state index in [0.717, 1.165) is 0 Å². The topological polar surface area (TPSA) is 103 Å². The van der Waals surface area contributed by atoms with Gasteiger partial charge in [0.15, 0.2) is 11.4 Å². The Bertz CT molecular complexity index is 752. The summed E-state index contributed by atoms with van der Waals surface area (Å²) in [5.41, 5.74) is 0.457. The van der Waals surface area contributed by atoms with Gasteiger partial charge in [0, 0.05) is 0 Å². The fourth-order valence-corrected chi connectivity index (χ4v) is 1.83. The molecule has 2 aromatic rings. The fourth-order valence-electron chi connectivity index (χ4n) is 1.56. The Balaban J connectivity index is 2.61. The Hall–Kier alpha value is -2.83. The summed E-state index contributed by atoms with van der Waals surface area (Å²) in [6.45, 7) is 0. The molecule has 0 unspecified atom stereocenters. The average Bonchev–Trinajstić information content (AvgIpc) is 2.80. The molecule has 1 heterocycles. The standard InChI is InChI=1S/C12H5ClN4O2/c13-8-3-7(12(18)19)1-2-10(8)17-6-16-9(4-14)11(17)5-15/h1-3,6H,(H,18,19). The largest absolute Gasteiger partial charge is 0.478 e. The lowest BCUT2D eigenvalue weighted by molar-refractivity contribution is 0.0697. The highest BCUT2D eigenvalue weighted by Gasteiger charge is 2.15. The first-order chi connectivity index (χ1) is 9.08. The van der Waals surface area contributed by atoms with E-state index < -0.39 is 5.97 Å². The first kappa shape index (κ1) is 12.6. The van der Waals surface area contributed by atoms with Crippen molar-refractivity contribution in [1.82, 2.24) is 9.55 Å². The number of rotatable bonds is 2. The van der Waals surface area contributed by atoms with Crippen molar-refractivity contribution in [2.75, 3.05) is 0 Å². The van der Waals surface area contributed by atoms with Gasteiger partial charge in [0.25, 0.3) is 0 Å². The molecule has 0 aliphatic rings. The zero-order chi connectivity index (χ0) is 14.0. The zero-order valence-corrected chi connectivity index (χ0v) is 10.1. The van der Waals surface area contributed by atoms with Crippen molar-refractivity contribution < 1.29 is 9.90 Å². The third-order valence-corrected chi connectivity index (χ3v) is 2.74. The van der Waals surface area contributed by atoms with Gasteiger partial charge in [0.05, 0.1) is 16.3 Å². The Morgan fingerprint density at radius 2 is 2.11 bits per heavy atom. The minimum atomic E-state index is -1.10. The highest BCUT2D eigenvalue weighted by atomic mass is 35.5. The quantitative estimate of drug-likeness (QED) is 0.900. The summed E-state index contributed by atoms with van der Waals surface area (Å²) in [6.07, 6.45) is 1.29. The number of hydrogen-bond acceptors (Lipinski definition) is 4. The molecule has 92 valence electrons. The van der Waals surface area contributed by atoms with Crippen molar-refractivity contribution in [3.05, 3.63) is 46.5 Å². The van der Waals surface area contributed by atoms with Crippen molar-refractivity contribution >= 4 is 17.6 Å². The summed E-state index contributed by atoms with van der Waals surface area (Å²) < 4.78 is 1.34. The number of nitriles is 2. The molecular formula is C12H5ClN4O2. The van der Waals surface area contributed by atoms with Gasteiger partial charge in [-0.05, 0) is 18.2 Å². The second-order valence-electron chi connectivity index (χ2n) is 3.51. The molecule has 0 saturated heterocycles. The van der Waals surface area contributed by atoms with E-state index >= 15 is 0 Å². The van der Waals surface area contributed by atoms with Crippen LogP contribution in [-0.4, -0.2) is 20.6 Å². The molecule has 7 heteroatoms. The summed E-state index contributed by atoms with van der Waals surface area (Å²) in [7, 11) is 0. The van der Waals surface area contributed by atoms with Gasteiger partial charge in [-0.15, -0.1) is 0 Å². The van der Waals surface area contributed by atoms with Crippen LogP contribution in [0.3, 0.4) is 0 Å². The van der Waals surface area contributed by atoms with Gasteiger partial charge in [0.2, 0.25) is 0 Å². The molecule has 0 aliphatic heterocycles. The molecule has 19 heavy (non-hydrogen) atoms. The summed E-state index contributed by atoms with van der Waals surface area (Å²) >= 11 is 5.99. The maximum absolute atomic E-state index is 10.8. The van der Waals surface area contributed by atoms with E-state index in [1.54, 1.807) is 6.07 Å². The molecule has 0 bridgehead atoms. The third-order valence-electron chi connectivity index (χ3n) is 2.43. The zero-order valence-electron chi connectivity index (χ0n) is 9.33. The van der Waals surface area contributed by atoms with Gasteiger partial charge in [-0.2, -0.15) is 10.5 Å². The van der Waals surface area contributed by atoms with Gasteiger partial charge in [0.1, 0.15) is 18.5 Å². The Kier molecular flexibility index (Phi) is 3.19. The normalized spacial score (nSPS) is 9.63. The van der Waals surface area contributed by atoms with Crippen LogP contribution in [0.5, 0.6) is 0 Å². The molecule has 1 aromatic carbocycles. The van der Waals surface area contributed by atoms with Crippen LogP contribution in [0.25, 0.3) is 5.69 Å². The summed E-state index contributed by atoms with van der Waals surface area (Å²) in [5.74, 6) is -1.10. The number of nitrogens with zero attached hydrogens (tertiary/aromatic N) is 4. The van der Waals surface area contributed by atoms with Gasteiger partial charge in [-0.1, -0.05) is 11.6 Å². The third kappa shape index (κ3) is 2.13. The lowest BCUT2D eigenvalue weighted by Crippen LogP contribution is -2.01. The summed E-state index contributed by atoms with van der Waals surface area (Å²) in [4.78, 5) is 14.6. The van der Waals surface area contributed by atoms with E-state index in [1.807, 2.05) is 6.07 Å². The number of carboxylic acid groups (broad SMARTS) is 1. The highest BCUT2D eigenvalue weighted by molar-refractivity contribution is 6.32. The van der Waals surface area contributed by atoms with E-state index in [0.29, 0.717) is 5.69 Å². The Morgan fingerprint density at radius 3 is 2.63 bits per heavy atom. The molecule has 0 radical (unpaired) electrons. The van der Waals surface area contributed by atoms with Crippen LogP contribution in [0, 0.1) is 22.7 Å². The predicted molar refractivity (Wildman–Crippen MR) is 65.0 cm³/mol. The predicted octanol–water partition coefficient (Wildman–Crippen LogP) is 1.97. The van der Waals surface area contributed by atoms with Gasteiger partial charge in [-0.25, -0.2) is 9.78 Å². The smallest absolute Gasteiger partial charge is 0.335 e. The van der Waals surface area contributed by atoms with Crippen LogP contribution >= 0.6 is 11.6 Å². The van der Waals surface area contributed by atoms with E-state index in [2.05, 4.69) is 4.98 Å². The monoisotopic (exact) mass is 272 g/mol. The Labute approximate surface area is 112 Å². The highest BCUT2D eigenvalue weighted by Crippen LogP contribution is 2.24. The second-order valence-corrected chi connectivity index (χ2v) is 3.91. The molecule has 6 nitrogen and oxygen atoms in total. The SMILES string of the molecule is N#Cc1ncn(-c2ccc(C(=O)O)cc2Cl)c1C#N. The maximum atomic E-state index is 10.8. The van der Waals surface area contributed by atoms with Crippen molar-refractivity contribution in [3.63, 3.8) is 0 Å². The number of aromatic carboxylic acids is 1. The Morgan fingerprint density at radius 1 is 1.37 bits per heavy atom. The first-order valence-electron chi connectivity index (χ1n) is 4.99. The summed E-state index contributed by atoms with van der Waals surface area (Å²) in [6, 6.07) is 7.74. The second kappa shape index (κ2) is 4.81. The number of halogens is 1. The molecule has 0 fully saturated rings. The number of imidazole rings is 1. The first-order valence-corrected chi connectivity index (χ1v) is 5.37. The van der Waals surface area contributed by atoms with Crippen molar-refractivity contribution in [1.29, 1.82) is 10.5 Å². The molecule has 0 saturated carbocycles. The van der Waals surface area contributed by atoms with Crippen LogP contribution in [0.1, 0.15) is 21.7 Å². The number of carboxylic acids is 1. The summed E-state index contributed by atoms with van der Waals surface area (Å²) in [5, 5.41) is 26.8. The lowest BCUT2D eigenvalue weighted by atomic mass is 10.2. The van der Waals surface area contributed by atoms with Crippen molar-refractivity contribution in [2.24, 2.45) is 0 Å². The molecule has 2 rings (SSSR count). The van der Waals surface area contributed by atoms with E-state index in [1.165, 1.54) is 29.1 Å². The number of benzene rings is 1. The van der Waals surface area contributed by atoms with Gasteiger partial charge in [-0.3, -0.25) is 4.57 Å². The van der Waals surface area contributed by atoms with Crippen LogP contribution < -0.4 is 0 Å². The van der Waals surface area contributed by atoms with Gasteiger partial charge >= 0.3 is 5.97 Å². The minimum absolute atomic E-state index is 0.0131. The molecule has 0 amide bonds. The molecule has 0 atom stereocenters. The van der Waals surface area contributed by atoms with Crippen LogP contribution in [-0.2, 0) is 0 Å². The van der Waals surface area contributed by atoms with Crippen LogP contribution in [0.4, 0.5) is 0 Å². The molecule has 0 spiro atoms. The van der Waals surface area contributed by atoms with E-state index in [9.17, 15) is 4.79 Å². The van der Waals surface area contributed by atoms with Gasteiger partial charge < -0.3 is 5.11 Å². The number of hydrogen-bond donors (Lipinski definition) is 1. The van der Waals surface area contributed by atoms with E-state index in [4.69, 9.17) is 27.2 Å². The number of carbonyl (C=O) groups is 1. The van der Waals surface area contributed by atoms with E-state index in [-0.39, 0.29) is 22.0 Å².